The minimum absolute atomic E-state index is 0.200. The van der Waals surface area contributed by atoms with Crippen LogP contribution in [0.1, 0.15) is 34.5 Å². The van der Waals surface area contributed by atoms with Gasteiger partial charge in [-0.15, -0.1) is 0 Å². The van der Waals surface area contributed by atoms with Crippen LogP contribution in [0, 0.1) is 12.7 Å². The number of aromatic nitrogens is 2. The number of para-hydroxylation sites is 1. The van der Waals surface area contributed by atoms with E-state index in [1.165, 1.54) is 23.7 Å². The van der Waals surface area contributed by atoms with Gasteiger partial charge >= 0.3 is 5.97 Å². The Morgan fingerprint density at radius 3 is 2.54 bits per heavy atom. The largest absolute Gasteiger partial charge is 0.478 e. The van der Waals surface area contributed by atoms with Crippen molar-refractivity contribution < 1.29 is 14.3 Å². The summed E-state index contributed by atoms with van der Waals surface area (Å²) in [6.07, 6.45) is 1.79. The normalized spacial score (nSPS) is 12.0. The zero-order valence-corrected chi connectivity index (χ0v) is 19.9. The molecule has 5 aromatic rings. The van der Waals surface area contributed by atoms with E-state index in [1.54, 1.807) is 36.5 Å². The number of pyridine rings is 1. The minimum Gasteiger partial charge on any atom is -0.478 e. The van der Waals surface area contributed by atoms with Crippen molar-refractivity contribution in [2.75, 3.05) is 5.32 Å². The first-order valence-electron chi connectivity index (χ1n) is 11.1. The fourth-order valence-electron chi connectivity index (χ4n) is 4.31. The lowest BCUT2D eigenvalue weighted by atomic mass is 9.94. The Morgan fingerprint density at radius 1 is 1.06 bits per heavy atom. The van der Waals surface area contributed by atoms with Crippen LogP contribution in [0.5, 0.6) is 0 Å². The van der Waals surface area contributed by atoms with Gasteiger partial charge in [0.15, 0.2) is 0 Å². The van der Waals surface area contributed by atoms with Gasteiger partial charge in [-0.2, -0.15) is 0 Å². The van der Waals surface area contributed by atoms with Crippen molar-refractivity contribution in [2.45, 2.75) is 19.9 Å². The Bertz CT molecular complexity index is 1530. The van der Waals surface area contributed by atoms with E-state index in [1.807, 2.05) is 31.4 Å². The molecule has 0 radical (unpaired) electrons. The van der Waals surface area contributed by atoms with Crippen molar-refractivity contribution in [3.05, 3.63) is 101 Å². The van der Waals surface area contributed by atoms with Crippen molar-refractivity contribution in [3.63, 3.8) is 0 Å². The first-order chi connectivity index (χ1) is 16.9. The van der Waals surface area contributed by atoms with Crippen molar-refractivity contribution in [1.29, 1.82) is 0 Å². The van der Waals surface area contributed by atoms with Gasteiger partial charge in [0.25, 0.3) is 0 Å². The molecule has 0 aliphatic carbocycles. The summed E-state index contributed by atoms with van der Waals surface area (Å²) >= 11 is 1.35. The van der Waals surface area contributed by atoms with E-state index >= 15 is 0 Å². The second kappa shape index (κ2) is 9.27. The van der Waals surface area contributed by atoms with Crippen molar-refractivity contribution in [1.82, 2.24) is 9.36 Å². The van der Waals surface area contributed by atoms with Gasteiger partial charge in [-0.1, -0.05) is 30.3 Å². The van der Waals surface area contributed by atoms with E-state index in [4.69, 9.17) is 4.98 Å². The quantitative estimate of drug-likeness (QED) is 0.264. The first kappa shape index (κ1) is 22.7. The number of nitrogens with zero attached hydrogens (tertiary/aromatic N) is 2. The molecular weight excluding hydrogens is 461 g/mol. The number of fused-ring (bicyclic) bond motifs is 1. The molecule has 0 aliphatic rings. The highest BCUT2D eigenvalue weighted by Crippen LogP contribution is 2.37. The summed E-state index contributed by atoms with van der Waals surface area (Å²) in [7, 11) is 0. The number of carbonyl (C=O) groups is 1. The molecule has 3 aromatic carbocycles. The summed E-state index contributed by atoms with van der Waals surface area (Å²) < 4.78 is 17.9. The number of hydrogen-bond donors (Lipinski definition) is 2. The number of benzene rings is 3. The molecule has 0 saturated carbocycles. The van der Waals surface area contributed by atoms with E-state index in [-0.39, 0.29) is 17.4 Å². The second-order valence-corrected chi connectivity index (χ2v) is 9.10. The molecule has 174 valence electrons. The maximum absolute atomic E-state index is 13.7. The molecule has 5 nitrogen and oxygen atoms in total. The van der Waals surface area contributed by atoms with E-state index < -0.39 is 5.97 Å². The molecular formula is C28H22FN3O2S. The molecule has 0 aliphatic heterocycles. The van der Waals surface area contributed by atoms with Crippen molar-refractivity contribution >= 4 is 34.1 Å². The summed E-state index contributed by atoms with van der Waals surface area (Å²) in [5, 5.41) is 15.8. The van der Waals surface area contributed by atoms with Crippen LogP contribution < -0.4 is 5.32 Å². The maximum Gasteiger partial charge on any atom is 0.337 e. The third-order valence-electron chi connectivity index (χ3n) is 5.97. The molecule has 1 atom stereocenters. The van der Waals surface area contributed by atoms with Crippen LogP contribution >= 0.6 is 11.5 Å². The SMILES string of the molecule is Cc1cc(C(C)Nc2ccccc2C(=O)O)c2cc(-c3ccc(F)cc3)c(-c3cnsc3)nc2c1. The Hall–Kier alpha value is -4.10. The fraction of sp³-hybridized carbons (Fsp3) is 0.107. The zero-order valence-electron chi connectivity index (χ0n) is 19.1. The molecule has 0 fully saturated rings. The van der Waals surface area contributed by atoms with Gasteiger partial charge < -0.3 is 10.4 Å². The second-order valence-electron chi connectivity index (χ2n) is 8.44. The predicted octanol–water partition coefficient (Wildman–Crippen LogP) is 7.34. The number of aryl methyl sites for hydroxylation is 1. The highest BCUT2D eigenvalue weighted by Gasteiger charge is 2.18. The number of rotatable bonds is 6. The Kier molecular flexibility index (Phi) is 6.01. The summed E-state index contributed by atoms with van der Waals surface area (Å²) in [4.78, 5) is 16.7. The van der Waals surface area contributed by atoms with Gasteiger partial charge in [0.2, 0.25) is 0 Å². The average Bonchev–Trinajstić information content (AvgIpc) is 3.38. The molecule has 2 heterocycles. The van der Waals surface area contributed by atoms with Crippen LogP contribution in [0.4, 0.5) is 10.1 Å². The lowest BCUT2D eigenvalue weighted by Gasteiger charge is -2.21. The van der Waals surface area contributed by atoms with Gasteiger partial charge in [-0.05, 0) is 78.5 Å². The van der Waals surface area contributed by atoms with Crippen LogP contribution in [0.3, 0.4) is 0 Å². The number of nitrogens with one attached hydrogen (secondary N) is 1. The molecule has 5 rings (SSSR count). The number of carboxylic acid groups (broad SMARTS) is 1. The van der Waals surface area contributed by atoms with Gasteiger partial charge in [0, 0.05) is 33.6 Å². The summed E-state index contributed by atoms with van der Waals surface area (Å²) in [5.41, 5.74) is 7.05. The molecule has 7 heteroatoms. The number of carboxylic acids is 1. The highest BCUT2D eigenvalue weighted by atomic mass is 32.1. The predicted molar refractivity (Wildman–Crippen MR) is 138 cm³/mol. The summed E-state index contributed by atoms with van der Waals surface area (Å²) in [5.74, 6) is -1.28. The molecule has 35 heavy (non-hydrogen) atoms. The summed E-state index contributed by atoms with van der Waals surface area (Å²) in [6, 6.07) is 19.3. The minimum atomic E-state index is -0.983. The van der Waals surface area contributed by atoms with Crippen LogP contribution in [0.2, 0.25) is 0 Å². The summed E-state index contributed by atoms with van der Waals surface area (Å²) in [6.45, 7) is 4.02. The first-order valence-corrected chi connectivity index (χ1v) is 11.9. The zero-order chi connectivity index (χ0) is 24.5. The van der Waals surface area contributed by atoms with Crippen LogP contribution in [0.25, 0.3) is 33.3 Å². The average molecular weight is 484 g/mol. The van der Waals surface area contributed by atoms with Crippen LogP contribution in [-0.2, 0) is 0 Å². The van der Waals surface area contributed by atoms with Gasteiger partial charge in [-0.3, -0.25) is 0 Å². The fourth-order valence-corrected chi connectivity index (χ4v) is 4.83. The molecule has 2 aromatic heterocycles. The maximum atomic E-state index is 13.7. The topological polar surface area (TPSA) is 75.1 Å². The Balaban J connectivity index is 1.69. The van der Waals surface area contributed by atoms with Crippen molar-refractivity contribution in [2.24, 2.45) is 0 Å². The van der Waals surface area contributed by atoms with Gasteiger partial charge in [0.05, 0.1) is 23.0 Å². The Morgan fingerprint density at radius 2 is 1.83 bits per heavy atom. The lowest BCUT2D eigenvalue weighted by Crippen LogP contribution is -2.11. The number of hydrogen-bond acceptors (Lipinski definition) is 5. The monoisotopic (exact) mass is 483 g/mol. The third kappa shape index (κ3) is 4.50. The molecule has 2 N–H and O–H groups in total. The molecule has 0 bridgehead atoms. The van der Waals surface area contributed by atoms with E-state index in [2.05, 4.69) is 21.8 Å². The standard InChI is InChI=1S/C28H22FN3O2S/c1-16-11-22(17(2)31-25-6-4-3-5-21(25)28(33)34)24-13-23(18-7-9-20(29)10-8-18)27(32-26(24)12-16)19-14-30-35-15-19/h3-15,17,31H,1-2H3,(H,33,34). The lowest BCUT2D eigenvalue weighted by molar-refractivity contribution is 0.0698. The molecule has 0 amide bonds. The van der Waals surface area contributed by atoms with Crippen LogP contribution in [-0.4, -0.2) is 20.4 Å². The van der Waals surface area contributed by atoms with E-state index in [0.29, 0.717) is 5.69 Å². The van der Waals surface area contributed by atoms with Crippen molar-refractivity contribution in [3.8, 4) is 22.4 Å². The van der Waals surface area contributed by atoms with E-state index in [9.17, 15) is 14.3 Å². The molecule has 0 spiro atoms. The molecule has 1 unspecified atom stereocenters. The third-order valence-corrected chi connectivity index (χ3v) is 6.55. The van der Waals surface area contributed by atoms with Gasteiger partial charge in [-0.25, -0.2) is 18.5 Å². The smallest absolute Gasteiger partial charge is 0.337 e. The Labute approximate surface area is 206 Å². The number of halogens is 1. The number of anilines is 1. The number of aromatic carboxylic acids is 1. The van der Waals surface area contributed by atoms with Gasteiger partial charge in [0.1, 0.15) is 5.82 Å². The highest BCUT2D eigenvalue weighted by molar-refractivity contribution is 7.03. The molecule has 0 saturated heterocycles. The van der Waals surface area contributed by atoms with Crippen LogP contribution in [0.15, 0.2) is 78.3 Å². The van der Waals surface area contributed by atoms with E-state index in [0.717, 1.165) is 44.4 Å².